The van der Waals surface area contributed by atoms with Gasteiger partial charge in [-0.2, -0.15) is 0 Å². The van der Waals surface area contributed by atoms with E-state index in [4.69, 9.17) is 28.2 Å². The van der Waals surface area contributed by atoms with E-state index in [1.165, 1.54) is 10.8 Å². The van der Waals surface area contributed by atoms with Gasteiger partial charge in [-0.1, -0.05) is 83.9 Å². The fourth-order valence-corrected chi connectivity index (χ4v) is 4.09. The number of benzene rings is 4. The van der Waals surface area contributed by atoms with Crippen LogP contribution in [0, 0.1) is 0 Å². The summed E-state index contributed by atoms with van der Waals surface area (Å²) in [5.41, 5.74) is 3.35. The lowest BCUT2D eigenvalue weighted by molar-refractivity contribution is 0.572. The highest BCUT2D eigenvalue weighted by Crippen LogP contribution is 2.38. The van der Waals surface area contributed by atoms with Crippen molar-refractivity contribution in [2.24, 2.45) is 4.99 Å². The van der Waals surface area contributed by atoms with E-state index in [0.717, 1.165) is 32.6 Å². The third-order valence-corrected chi connectivity index (χ3v) is 5.84. The molecule has 1 aliphatic heterocycles. The van der Waals surface area contributed by atoms with Gasteiger partial charge >= 0.3 is 0 Å². The van der Waals surface area contributed by atoms with Crippen LogP contribution in [0.3, 0.4) is 0 Å². The van der Waals surface area contributed by atoms with E-state index in [2.05, 4.69) is 59.9 Å². The van der Waals surface area contributed by atoms with Crippen molar-refractivity contribution in [2.45, 2.75) is 12.1 Å². The van der Waals surface area contributed by atoms with Crippen LogP contribution >= 0.6 is 23.2 Å². The van der Waals surface area contributed by atoms with E-state index in [-0.39, 0.29) is 12.1 Å². The van der Waals surface area contributed by atoms with Crippen molar-refractivity contribution in [3.8, 4) is 0 Å². The minimum Gasteiger partial charge on any atom is -0.361 e. The molecule has 4 heteroatoms. The summed E-state index contributed by atoms with van der Waals surface area (Å²) in [6.45, 7) is 0. The summed E-state index contributed by atoms with van der Waals surface area (Å²) in [6, 6.07) is 30.7. The highest BCUT2D eigenvalue weighted by molar-refractivity contribution is 6.30. The Morgan fingerprint density at radius 1 is 0.655 bits per heavy atom. The second kappa shape index (κ2) is 7.55. The molecule has 5 rings (SSSR count). The zero-order chi connectivity index (χ0) is 19.8. The molecule has 4 aromatic carbocycles. The number of nitrogens with zero attached hydrogens (tertiary/aromatic N) is 1. The van der Waals surface area contributed by atoms with E-state index < -0.39 is 0 Å². The van der Waals surface area contributed by atoms with Gasteiger partial charge in [-0.15, -0.1) is 0 Å². The molecule has 0 unspecified atom stereocenters. The van der Waals surface area contributed by atoms with Gasteiger partial charge in [0.05, 0.1) is 6.04 Å². The van der Waals surface area contributed by atoms with Crippen LogP contribution in [0.2, 0.25) is 10.0 Å². The van der Waals surface area contributed by atoms with Crippen LogP contribution in [0.4, 0.5) is 0 Å². The molecule has 0 aromatic heterocycles. The number of halogens is 2. The third kappa shape index (κ3) is 3.62. The summed E-state index contributed by atoms with van der Waals surface area (Å²) < 4.78 is 0. The average molecular weight is 417 g/mol. The molecule has 0 bridgehead atoms. The minimum atomic E-state index is -0.0464. The number of rotatable bonds is 3. The molecule has 0 fully saturated rings. The van der Waals surface area contributed by atoms with Gasteiger partial charge in [0.15, 0.2) is 0 Å². The van der Waals surface area contributed by atoms with Crippen molar-refractivity contribution < 1.29 is 0 Å². The van der Waals surface area contributed by atoms with Crippen LogP contribution in [0.15, 0.2) is 96.0 Å². The van der Waals surface area contributed by atoms with Crippen LogP contribution in [-0.4, -0.2) is 5.84 Å². The molecule has 0 radical (unpaired) electrons. The molecule has 1 aliphatic rings. The van der Waals surface area contributed by atoms with E-state index in [9.17, 15) is 0 Å². The van der Waals surface area contributed by atoms with Gasteiger partial charge in [0.1, 0.15) is 11.9 Å². The molecular formula is C25H18Cl2N2. The third-order valence-electron chi connectivity index (χ3n) is 5.34. The average Bonchev–Trinajstić information content (AvgIpc) is 3.20. The quantitative estimate of drug-likeness (QED) is 0.382. The summed E-state index contributed by atoms with van der Waals surface area (Å²) >= 11 is 12.2. The number of fused-ring (bicyclic) bond motifs is 1. The van der Waals surface area contributed by atoms with E-state index >= 15 is 0 Å². The van der Waals surface area contributed by atoms with Crippen LogP contribution in [0.1, 0.15) is 28.8 Å². The van der Waals surface area contributed by atoms with Crippen molar-refractivity contribution in [2.75, 3.05) is 0 Å². The molecule has 4 aromatic rings. The molecule has 0 amide bonds. The zero-order valence-corrected chi connectivity index (χ0v) is 17.0. The highest BCUT2D eigenvalue weighted by Gasteiger charge is 2.31. The van der Waals surface area contributed by atoms with Crippen LogP contribution in [0.5, 0.6) is 0 Å². The molecule has 1 heterocycles. The van der Waals surface area contributed by atoms with Crippen molar-refractivity contribution in [3.05, 3.63) is 118 Å². The normalized spacial score (nSPS) is 18.5. The monoisotopic (exact) mass is 416 g/mol. The molecule has 142 valence electrons. The van der Waals surface area contributed by atoms with Crippen molar-refractivity contribution in [1.82, 2.24) is 5.32 Å². The lowest BCUT2D eigenvalue weighted by Crippen LogP contribution is -2.25. The van der Waals surface area contributed by atoms with Crippen LogP contribution < -0.4 is 5.32 Å². The Morgan fingerprint density at radius 2 is 1.28 bits per heavy atom. The first kappa shape index (κ1) is 18.2. The van der Waals surface area contributed by atoms with Gasteiger partial charge in [0.2, 0.25) is 0 Å². The Morgan fingerprint density at radius 3 is 1.97 bits per heavy atom. The Balaban J connectivity index is 1.57. The van der Waals surface area contributed by atoms with Crippen molar-refractivity contribution in [3.63, 3.8) is 0 Å². The Hall–Kier alpha value is -2.81. The van der Waals surface area contributed by atoms with Crippen molar-refractivity contribution in [1.29, 1.82) is 0 Å². The Bertz CT molecular complexity index is 1200. The van der Waals surface area contributed by atoms with Crippen molar-refractivity contribution >= 4 is 39.8 Å². The Kier molecular flexibility index (Phi) is 4.75. The number of nitrogens with one attached hydrogen (secondary N) is 1. The molecule has 0 saturated carbocycles. The van der Waals surface area contributed by atoms with Gasteiger partial charge in [0.25, 0.3) is 0 Å². The topological polar surface area (TPSA) is 24.4 Å². The van der Waals surface area contributed by atoms with Gasteiger partial charge in [-0.3, -0.25) is 4.99 Å². The fourth-order valence-electron chi connectivity index (χ4n) is 3.83. The molecule has 29 heavy (non-hydrogen) atoms. The molecule has 2 nitrogen and oxygen atoms in total. The summed E-state index contributed by atoms with van der Waals surface area (Å²) in [7, 11) is 0. The summed E-state index contributed by atoms with van der Waals surface area (Å²) in [6.07, 6.45) is 0. The second-order valence-corrected chi connectivity index (χ2v) is 8.08. The van der Waals surface area contributed by atoms with Crippen LogP contribution in [0.25, 0.3) is 10.8 Å². The molecule has 0 saturated heterocycles. The largest absolute Gasteiger partial charge is 0.361 e. The summed E-state index contributed by atoms with van der Waals surface area (Å²) in [5.74, 6) is 0.899. The minimum absolute atomic E-state index is 0.0231. The smallest absolute Gasteiger partial charge is 0.129 e. The maximum atomic E-state index is 6.11. The highest BCUT2D eigenvalue weighted by atomic mass is 35.5. The van der Waals surface area contributed by atoms with Gasteiger partial charge < -0.3 is 5.32 Å². The SMILES string of the molecule is Clc1ccc([C@H]2NC(c3ccc4ccccc4c3)=N[C@H]2c2ccc(Cl)cc2)cc1. The lowest BCUT2D eigenvalue weighted by atomic mass is 9.95. The number of hydrogen-bond donors (Lipinski definition) is 1. The molecular weight excluding hydrogens is 399 g/mol. The Labute approximate surface area is 179 Å². The van der Waals surface area contributed by atoms with E-state index in [1.807, 2.05) is 36.4 Å². The van der Waals surface area contributed by atoms with Gasteiger partial charge in [0, 0.05) is 15.6 Å². The standard InChI is InChI=1S/C25H18Cl2N2/c26-21-11-7-17(8-12-21)23-24(18-9-13-22(27)14-10-18)29-25(28-23)20-6-5-16-3-1-2-4-19(16)15-20/h1-15,23-24H,(H,28,29)/t23-,24+. The van der Waals surface area contributed by atoms with Gasteiger partial charge in [-0.05, 0) is 52.2 Å². The molecule has 2 atom stereocenters. The number of hydrogen-bond acceptors (Lipinski definition) is 2. The maximum Gasteiger partial charge on any atom is 0.129 e. The number of aliphatic imine (C=N–C) groups is 1. The molecule has 0 aliphatic carbocycles. The number of amidine groups is 1. The fraction of sp³-hybridized carbons (Fsp3) is 0.0800. The first-order valence-electron chi connectivity index (χ1n) is 9.52. The predicted molar refractivity (Wildman–Crippen MR) is 122 cm³/mol. The second-order valence-electron chi connectivity index (χ2n) is 7.21. The van der Waals surface area contributed by atoms with E-state index in [0.29, 0.717) is 0 Å². The molecule has 0 spiro atoms. The van der Waals surface area contributed by atoms with Crippen LogP contribution in [-0.2, 0) is 0 Å². The summed E-state index contributed by atoms with van der Waals surface area (Å²) in [5, 5.41) is 7.52. The lowest BCUT2D eigenvalue weighted by Gasteiger charge is -2.20. The van der Waals surface area contributed by atoms with Gasteiger partial charge in [-0.25, -0.2) is 0 Å². The van der Waals surface area contributed by atoms with E-state index in [1.54, 1.807) is 0 Å². The maximum absolute atomic E-state index is 6.11. The summed E-state index contributed by atoms with van der Waals surface area (Å²) in [4.78, 5) is 5.07. The molecule has 1 N–H and O–H groups in total. The zero-order valence-electron chi connectivity index (χ0n) is 15.5. The predicted octanol–water partition coefficient (Wildman–Crippen LogP) is 6.98. The first-order chi connectivity index (χ1) is 14.2. The first-order valence-corrected chi connectivity index (χ1v) is 10.3.